The second kappa shape index (κ2) is 6.95. The van der Waals surface area contributed by atoms with Crippen LogP contribution in [0.3, 0.4) is 0 Å². The number of para-hydroxylation sites is 1. The van der Waals surface area contributed by atoms with Crippen LogP contribution in [0, 0.1) is 0 Å². The molecule has 0 fully saturated rings. The number of nitrogens with zero attached hydrogens (tertiary/aromatic N) is 2. The van der Waals surface area contributed by atoms with Crippen LogP contribution >= 0.6 is 0 Å². The Hall–Kier alpha value is -3.15. The van der Waals surface area contributed by atoms with Gasteiger partial charge in [0.15, 0.2) is 0 Å². The summed E-state index contributed by atoms with van der Waals surface area (Å²) in [6.45, 7) is 0.322. The number of esters is 1. The molecule has 0 amide bonds. The highest BCUT2D eigenvalue weighted by molar-refractivity contribution is 5.89. The highest BCUT2D eigenvalue weighted by atomic mass is 16.5. The minimum absolute atomic E-state index is 0.0793. The fourth-order valence-corrected chi connectivity index (χ4v) is 2.34. The van der Waals surface area contributed by atoms with E-state index >= 15 is 0 Å². The standard InChI is InChI=1S/C18H16N2O4/c1-23-14-6-4-5-13(11-14)18(22)24-10-9-20-12-19-16-8-3-2-7-15(16)17(20)21/h2-8,11-12H,9-10H2,1H3. The molecule has 0 atom stereocenters. The molecule has 0 N–H and O–H groups in total. The van der Waals surface area contributed by atoms with Crippen molar-refractivity contribution >= 4 is 16.9 Å². The monoisotopic (exact) mass is 324 g/mol. The molecule has 0 radical (unpaired) electrons. The lowest BCUT2D eigenvalue weighted by atomic mass is 10.2. The Morgan fingerprint density at radius 2 is 2.00 bits per heavy atom. The molecule has 0 saturated carbocycles. The normalized spacial score (nSPS) is 10.5. The van der Waals surface area contributed by atoms with Gasteiger partial charge in [-0.15, -0.1) is 0 Å². The zero-order chi connectivity index (χ0) is 16.9. The summed E-state index contributed by atoms with van der Waals surface area (Å²) in [5.74, 6) is 0.120. The molecular formula is C18H16N2O4. The summed E-state index contributed by atoms with van der Waals surface area (Å²) in [5.41, 5.74) is 0.892. The molecule has 2 aromatic carbocycles. The largest absolute Gasteiger partial charge is 0.497 e. The summed E-state index contributed by atoms with van der Waals surface area (Å²) in [4.78, 5) is 28.6. The smallest absolute Gasteiger partial charge is 0.338 e. The van der Waals surface area contributed by atoms with Crippen molar-refractivity contribution in [2.45, 2.75) is 6.54 Å². The number of benzene rings is 2. The first-order chi connectivity index (χ1) is 11.7. The van der Waals surface area contributed by atoms with Crippen LogP contribution in [-0.2, 0) is 11.3 Å². The van der Waals surface area contributed by atoms with Gasteiger partial charge in [-0.2, -0.15) is 0 Å². The van der Waals surface area contributed by atoms with Crippen LogP contribution in [0.1, 0.15) is 10.4 Å². The zero-order valence-electron chi connectivity index (χ0n) is 13.1. The van der Waals surface area contributed by atoms with Crippen molar-refractivity contribution in [2.24, 2.45) is 0 Å². The SMILES string of the molecule is COc1cccc(C(=O)OCCn2cnc3ccccc3c2=O)c1. The lowest BCUT2D eigenvalue weighted by Gasteiger charge is -2.08. The number of fused-ring (bicyclic) bond motifs is 1. The van der Waals surface area contributed by atoms with E-state index < -0.39 is 5.97 Å². The van der Waals surface area contributed by atoms with Crippen molar-refractivity contribution in [1.29, 1.82) is 0 Å². The molecule has 6 nitrogen and oxygen atoms in total. The van der Waals surface area contributed by atoms with E-state index in [4.69, 9.17) is 9.47 Å². The molecule has 3 rings (SSSR count). The average molecular weight is 324 g/mol. The number of aromatic nitrogens is 2. The lowest BCUT2D eigenvalue weighted by Crippen LogP contribution is -2.23. The van der Waals surface area contributed by atoms with E-state index in [2.05, 4.69) is 4.98 Å². The summed E-state index contributed by atoms with van der Waals surface area (Å²) in [6, 6.07) is 13.8. The number of carbonyl (C=O) groups excluding carboxylic acids is 1. The van der Waals surface area contributed by atoms with Gasteiger partial charge in [0.05, 0.1) is 36.4 Å². The molecule has 0 saturated heterocycles. The predicted octanol–water partition coefficient (Wildman–Crippen LogP) is 2.26. The Morgan fingerprint density at radius 1 is 1.17 bits per heavy atom. The fourth-order valence-electron chi connectivity index (χ4n) is 2.34. The maximum atomic E-state index is 12.3. The molecule has 0 aliphatic rings. The van der Waals surface area contributed by atoms with E-state index in [0.717, 1.165) is 0 Å². The molecule has 0 spiro atoms. The van der Waals surface area contributed by atoms with Gasteiger partial charge < -0.3 is 9.47 Å². The predicted molar refractivity (Wildman–Crippen MR) is 89.3 cm³/mol. The third-order valence-corrected chi connectivity index (χ3v) is 3.60. The molecule has 0 aliphatic carbocycles. The molecule has 24 heavy (non-hydrogen) atoms. The molecule has 0 aliphatic heterocycles. The van der Waals surface area contributed by atoms with Gasteiger partial charge in [0.25, 0.3) is 5.56 Å². The number of methoxy groups -OCH3 is 1. The molecule has 1 aromatic heterocycles. The van der Waals surface area contributed by atoms with E-state index in [1.54, 1.807) is 42.5 Å². The number of hydrogen-bond donors (Lipinski definition) is 0. The van der Waals surface area contributed by atoms with E-state index in [-0.39, 0.29) is 18.7 Å². The fraction of sp³-hybridized carbons (Fsp3) is 0.167. The number of ether oxygens (including phenoxy) is 2. The van der Waals surface area contributed by atoms with Gasteiger partial charge in [0.1, 0.15) is 12.4 Å². The molecule has 6 heteroatoms. The third kappa shape index (κ3) is 3.27. The van der Waals surface area contributed by atoms with Gasteiger partial charge >= 0.3 is 5.97 Å². The van der Waals surface area contributed by atoms with Gasteiger partial charge in [-0.1, -0.05) is 18.2 Å². The molecule has 1 heterocycles. The summed E-state index contributed by atoms with van der Waals surface area (Å²) in [6.07, 6.45) is 1.46. The van der Waals surface area contributed by atoms with Gasteiger partial charge in [0, 0.05) is 0 Å². The number of carbonyl (C=O) groups is 1. The molecule has 0 bridgehead atoms. The molecule has 122 valence electrons. The topological polar surface area (TPSA) is 70.4 Å². The summed E-state index contributed by atoms with van der Waals surface area (Å²) >= 11 is 0. The van der Waals surface area contributed by atoms with Crippen LogP contribution in [0.5, 0.6) is 5.75 Å². The van der Waals surface area contributed by atoms with Crippen molar-refractivity contribution in [1.82, 2.24) is 9.55 Å². The third-order valence-electron chi connectivity index (χ3n) is 3.60. The second-order valence-electron chi connectivity index (χ2n) is 5.13. The van der Waals surface area contributed by atoms with Crippen molar-refractivity contribution in [2.75, 3.05) is 13.7 Å². The van der Waals surface area contributed by atoms with Gasteiger partial charge in [0.2, 0.25) is 0 Å². The average Bonchev–Trinajstić information content (AvgIpc) is 2.63. The van der Waals surface area contributed by atoms with Crippen molar-refractivity contribution in [3.05, 3.63) is 70.8 Å². The lowest BCUT2D eigenvalue weighted by molar-refractivity contribution is 0.0489. The maximum Gasteiger partial charge on any atom is 0.338 e. The Kier molecular flexibility index (Phi) is 4.56. The van der Waals surface area contributed by atoms with E-state index in [9.17, 15) is 9.59 Å². The maximum absolute atomic E-state index is 12.3. The molecule has 0 unspecified atom stereocenters. The zero-order valence-corrected chi connectivity index (χ0v) is 13.1. The van der Waals surface area contributed by atoms with E-state index in [1.807, 2.05) is 6.07 Å². The Bertz CT molecular complexity index is 933. The molecule has 3 aromatic rings. The summed E-state index contributed by atoms with van der Waals surface area (Å²) < 4.78 is 11.7. The number of rotatable bonds is 5. The van der Waals surface area contributed by atoms with Gasteiger partial charge in [-0.25, -0.2) is 9.78 Å². The van der Waals surface area contributed by atoms with Crippen LogP contribution < -0.4 is 10.3 Å². The summed E-state index contributed by atoms with van der Waals surface area (Å²) in [5, 5.41) is 0.541. The van der Waals surface area contributed by atoms with Crippen molar-refractivity contribution < 1.29 is 14.3 Å². The van der Waals surface area contributed by atoms with Gasteiger partial charge in [-0.3, -0.25) is 9.36 Å². The van der Waals surface area contributed by atoms with E-state index in [1.165, 1.54) is 18.0 Å². The number of hydrogen-bond acceptors (Lipinski definition) is 5. The minimum atomic E-state index is -0.462. The second-order valence-corrected chi connectivity index (χ2v) is 5.13. The van der Waals surface area contributed by atoms with Crippen LogP contribution in [0.25, 0.3) is 10.9 Å². The van der Waals surface area contributed by atoms with Crippen LogP contribution in [-0.4, -0.2) is 29.2 Å². The van der Waals surface area contributed by atoms with Crippen LogP contribution in [0.2, 0.25) is 0 Å². The Balaban J connectivity index is 1.67. The van der Waals surface area contributed by atoms with E-state index in [0.29, 0.717) is 22.2 Å². The first-order valence-electron chi connectivity index (χ1n) is 7.44. The van der Waals surface area contributed by atoms with Gasteiger partial charge in [-0.05, 0) is 30.3 Å². The first kappa shape index (κ1) is 15.7. The highest BCUT2D eigenvalue weighted by Gasteiger charge is 2.09. The Morgan fingerprint density at radius 3 is 2.83 bits per heavy atom. The molecular weight excluding hydrogens is 308 g/mol. The Labute approximate surface area is 138 Å². The quantitative estimate of drug-likeness (QED) is 0.673. The minimum Gasteiger partial charge on any atom is -0.497 e. The highest BCUT2D eigenvalue weighted by Crippen LogP contribution is 2.13. The summed E-state index contributed by atoms with van der Waals surface area (Å²) in [7, 11) is 1.53. The van der Waals surface area contributed by atoms with Crippen molar-refractivity contribution in [3.63, 3.8) is 0 Å². The van der Waals surface area contributed by atoms with Crippen LogP contribution in [0.4, 0.5) is 0 Å². The van der Waals surface area contributed by atoms with Crippen LogP contribution in [0.15, 0.2) is 59.7 Å². The first-order valence-corrected chi connectivity index (χ1v) is 7.44. The van der Waals surface area contributed by atoms with Crippen molar-refractivity contribution in [3.8, 4) is 5.75 Å².